The van der Waals surface area contributed by atoms with Crippen molar-refractivity contribution in [3.63, 3.8) is 0 Å². The van der Waals surface area contributed by atoms with Gasteiger partial charge in [-0.25, -0.2) is 26.8 Å². The molecule has 5 rings (SSSR count). The number of methoxy groups -OCH3 is 1. The van der Waals surface area contributed by atoms with Gasteiger partial charge in [-0.05, 0) is 24.1 Å². The molecule has 10 nitrogen and oxygen atoms in total. The van der Waals surface area contributed by atoms with Crippen LogP contribution in [0.25, 0.3) is 27.7 Å². The van der Waals surface area contributed by atoms with E-state index in [4.69, 9.17) is 4.74 Å². The standard InChI is InChI=1S/C23H24F4N8O2/c1-12(36)33-7-6-16(14(24)9-33)28-22-29-21(37-3)20-19(15(25)10-34(20)31-22)13-4-5-17-18(8-13)35(32-30-17)11-23(2,26)27/h4-5,8,10,14,16H,6-7,9,11H2,1-3H3,(H,28,31)/t14-,16+/m1/s1. The lowest BCUT2D eigenvalue weighted by Crippen LogP contribution is -2.49. The molecule has 37 heavy (non-hydrogen) atoms. The third-order valence-corrected chi connectivity index (χ3v) is 6.28. The number of rotatable bonds is 6. The van der Waals surface area contributed by atoms with Crippen molar-refractivity contribution in [2.45, 2.75) is 44.9 Å². The van der Waals surface area contributed by atoms with Crippen molar-refractivity contribution in [1.29, 1.82) is 0 Å². The van der Waals surface area contributed by atoms with Crippen molar-refractivity contribution in [2.24, 2.45) is 0 Å². The smallest absolute Gasteiger partial charge is 0.264 e. The zero-order valence-corrected chi connectivity index (χ0v) is 20.3. The maximum absolute atomic E-state index is 15.3. The molecule has 1 amide bonds. The number of likely N-dealkylation sites (tertiary alicyclic amines) is 1. The van der Waals surface area contributed by atoms with E-state index in [9.17, 15) is 18.0 Å². The van der Waals surface area contributed by atoms with Crippen molar-refractivity contribution in [3.05, 3.63) is 30.2 Å². The van der Waals surface area contributed by atoms with E-state index in [1.54, 1.807) is 12.1 Å². The fourth-order valence-electron chi connectivity index (χ4n) is 4.52. The monoisotopic (exact) mass is 520 g/mol. The van der Waals surface area contributed by atoms with Gasteiger partial charge in [-0.15, -0.1) is 10.2 Å². The summed E-state index contributed by atoms with van der Waals surface area (Å²) >= 11 is 0. The second kappa shape index (κ2) is 9.16. The number of anilines is 1. The Labute approximate surface area is 208 Å². The first-order chi connectivity index (χ1) is 17.5. The highest BCUT2D eigenvalue weighted by molar-refractivity contribution is 5.89. The lowest BCUT2D eigenvalue weighted by atomic mass is 10.0. The molecule has 0 radical (unpaired) electrons. The molecule has 1 saturated heterocycles. The van der Waals surface area contributed by atoms with Crippen LogP contribution >= 0.6 is 0 Å². The zero-order valence-electron chi connectivity index (χ0n) is 20.3. The molecule has 2 atom stereocenters. The van der Waals surface area contributed by atoms with Crippen LogP contribution in [0.5, 0.6) is 5.88 Å². The average molecular weight is 520 g/mol. The molecule has 1 fully saturated rings. The molecule has 14 heteroatoms. The van der Waals surface area contributed by atoms with Crippen LogP contribution < -0.4 is 10.1 Å². The summed E-state index contributed by atoms with van der Waals surface area (Å²) in [7, 11) is 1.36. The van der Waals surface area contributed by atoms with Gasteiger partial charge < -0.3 is 15.0 Å². The predicted octanol–water partition coefficient (Wildman–Crippen LogP) is 3.31. The van der Waals surface area contributed by atoms with E-state index in [-0.39, 0.29) is 35.4 Å². The molecule has 1 aromatic carbocycles. The van der Waals surface area contributed by atoms with Crippen LogP contribution in [0.2, 0.25) is 0 Å². The molecule has 4 aromatic rings. The third-order valence-electron chi connectivity index (χ3n) is 6.28. The number of carbonyl (C=O) groups is 1. The number of alkyl halides is 3. The number of amides is 1. The summed E-state index contributed by atoms with van der Waals surface area (Å²) in [4.78, 5) is 17.3. The first-order valence-electron chi connectivity index (χ1n) is 11.5. The van der Waals surface area contributed by atoms with E-state index < -0.39 is 30.5 Å². The van der Waals surface area contributed by atoms with Gasteiger partial charge in [0.25, 0.3) is 5.92 Å². The van der Waals surface area contributed by atoms with Crippen molar-refractivity contribution >= 4 is 28.4 Å². The van der Waals surface area contributed by atoms with E-state index in [0.29, 0.717) is 29.6 Å². The Hall–Kier alpha value is -3.97. The highest BCUT2D eigenvalue weighted by atomic mass is 19.3. The molecule has 1 aliphatic heterocycles. The van der Waals surface area contributed by atoms with Gasteiger partial charge in [-0.3, -0.25) is 4.79 Å². The number of piperidine rings is 1. The number of fused-ring (bicyclic) bond motifs is 2. The number of carbonyl (C=O) groups excluding carboxylic acids is 1. The van der Waals surface area contributed by atoms with Crippen molar-refractivity contribution in [1.82, 2.24) is 34.5 Å². The second-order valence-corrected chi connectivity index (χ2v) is 9.13. The molecule has 0 unspecified atom stereocenters. The largest absolute Gasteiger partial charge is 0.479 e. The van der Waals surface area contributed by atoms with Crippen LogP contribution in [0, 0.1) is 5.82 Å². The third kappa shape index (κ3) is 4.74. The number of nitrogens with one attached hydrogen (secondary N) is 1. The summed E-state index contributed by atoms with van der Waals surface area (Å²) in [6.45, 7) is 1.81. The first kappa shape index (κ1) is 24.7. The Balaban J connectivity index is 1.51. The minimum Gasteiger partial charge on any atom is -0.479 e. The van der Waals surface area contributed by atoms with Gasteiger partial charge in [0.2, 0.25) is 17.7 Å². The molecule has 0 spiro atoms. The maximum Gasteiger partial charge on any atom is 0.264 e. The van der Waals surface area contributed by atoms with Crippen LogP contribution in [-0.2, 0) is 11.3 Å². The zero-order chi connectivity index (χ0) is 26.5. The molecule has 1 N–H and O–H groups in total. The predicted molar refractivity (Wildman–Crippen MR) is 126 cm³/mol. The van der Waals surface area contributed by atoms with Gasteiger partial charge in [-0.2, -0.15) is 4.98 Å². The number of halogens is 4. The molecule has 0 aliphatic carbocycles. The summed E-state index contributed by atoms with van der Waals surface area (Å²) in [6, 6.07) is 4.01. The molecule has 196 valence electrons. The SMILES string of the molecule is COc1nc(N[C@H]2CCN(C(C)=O)C[C@H]2F)nn2cc(F)c(-c3ccc4nnn(CC(C)(F)F)c4c3)c12. The van der Waals surface area contributed by atoms with Gasteiger partial charge in [0.05, 0.1) is 37.0 Å². The van der Waals surface area contributed by atoms with Crippen LogP contribution in [0.1, 0.15) is 20.3 Å². The van der Waals surface area contributed by atoms with Gasteiger partial charge in [0.15, 0.2) is 5.82 Å². The average Bonchev–Trinajstić information content (AvgIpc) is 3.37. The van der Waals surface area contributed by atoms with Crippen LogP contribution in [0.15, 0.2) is 24.4 Å². The molecule has 0 saturated carbocycles. The minimum absolute atomic E-state index is 0.0257. The molecule has 4 heterocycles. The summed E-state index contributed by atoms with van der Waals surface area (Å²) in [5, 5.41) is 14.9. The fraction of sp³-hybridized carbons (Fsp3) is 0.435. The van der Waals surface area contributed by atoms with E-state index >= 15 is 4.39 Å². The maximum atomic E-state index is 15.3. The Morgan fingerprint density at radius 2 is 2.11 bits per heavy atom. The van der Waals surface area contributed by atoms with Crippen molar-refractivity contribution in [2.75, 3.05) is 25.5 Å². The Bertz CT molecular complexity index is 1480. The van der Waals surface area contributed by atoms with Crippen molar-refractivity contribution < 1.29 is 27.1 Å². The van der Waals surface area contributed by atoms with E-state index in [0.717, 1.165) is 17.8 Å². The number of benzene rings is 1. The Morgan fingerprint density at radius 3 is 2.78 bits per heavy atom. The van der Waals surface area contributed by atoms with E-state index in [2.05, 4.69) is 25.7 Å². The Morgan fingerprint density at radius 1 is 1.32 bits per heavy atom. The summed E-state index contributed by atoms with van der Waals surface area (Å²) in [5.41, 5.74) is 1.34. The lowest BCUT2D eigenvalue weighted by molar-refractivity contribution is -0.131. The van der Waals surface area contributed by atoms with Gasteiger partial charge in [0.1, 0.15) is 23.7 Å². The van der Waals surface area contributed by atoms with Gasteiger partial charge in [0, 0.05) is 20.4 Å². The van der Waals surface area contributed by atoms with Crippen LogP contribution in [0.4, 0.5) is 23.5 Å². The van der Waals surface area contributed by atoms with Crippen LogP contribution in [-0.4, -0.2) is 78.7 Å². The van der Waals surface area contributed by atoms with E-state index in [1.165, 1.54) is 29.5 Å². The molecule has 3 aromatic heterocycles. The molecule has 0 bridgehead atoms. The summed E-state index contributed by atoms with van der Waals surface area (Å²) in [5.74, 6) is -3.82. The van der Waals surface area contributed by atoms with Crippen LogP contribution in [0.3, 0.4) is 0 Å². The number of hydrogen-bond acceptors (Lipinski definition) is 7. The fourth-order valence-corrected chi connectivity index (χ4v) is 4.52. The van der Waals surface area contributed by atoms with Crippen molar-refractivity contribution in [3.8, 4) is 17.0 Å². The second-order valence-electron chi connectivity index (χ2n) is 9.13. The number of ether oxygens (including phenoxy) is 1. The number of hydrogen-bond donors (Lipinski definition) is 1. The summed E-state index contributed by atoms with van der Waals surface area (Å²) < 4.78 is 64.9. The lowest BCUT2D eigenvalue weighted by Gasteiger charge is -2.34. The minimum atomic E-state index is -3.02. The molecular formula is C23H24F4N8O2. The molecular weight excluding hydrogens is 496 g/mol. The molecule has 1 aliphatic rings. The quantitative estimate of drug-likeness (QED) is 0.389. The first-order valence-corrected chi connectivity index (χ1v) is 11.5. The topological polar surface area (TPSA) is 102 Å². The highest BCUT2D eigenvalue weighted by Gasteiger charge is 2.31. The Kier molecular flexibility index (Phi) is 6.12. The summed E-state index contributed by atoms with van der Waals surface area (Å²) in [6.07, 6.45) is 0.125. The highest BCUT2D eigenvalue weighted by Crippen LogP contribution is 2.35. The number of nitrogens with zero attached hydrogens (tertiary/aromatic N) is 7. The van der Waals surface area contributed by atoms with Gasteiger partial charge in [-0.1, -0.05) is 11.3 Å². The number of aromatic nitrogens is 6. The normalized spacial score (nSPS) is 18.5. The van der Waals surface area contributed by atoms with E-state index in [1.807, 2.05) is 0 Å². The van der Waals surface area contributed by atoms with Gasteiger partial charge >= 0.3 is 0 Å².